The Hall–Kier alpha value is -1.73. The fourth-order valence-corrected chi connectivity index (χ4v) is 4.06. The van der Waals surface area contributed by atoms with Crippen molar-refractivity contribution in [1.29, 1.82) is 0 Å². The summed E-state index contributed by atoms with van der Waals surface area (Å²) in [5, 5.41) is 0. The number of sulfonamides is 1. The van der Waals surface area contributed by atoms with Crippen molar-refractivity contribution in [2.45, 2.75) is 11.8 Å². The molecular formula is C14H17N3O2S2. The van der Waals surface area contributed by atoms with Gasteiger partial charge >= 0.3 is 0 Å². The Labute approximate surface area is 129 Å². The van der Waals surface area contributed by atoms with Crippen LogP contribution in [0.1, 0.15) is 5.69 Å². The Balaban J connectivity index is 1.88. The van der Waals surface area contributed by atoms with Crippen LogP contribution in [0.3, 0.4) is 0 Å². The van der Waals surface area contributed by atoms with Gasteiger partial charge in [-0.05, 0) is 37.3 Å². The van der Waals surface area contributed by atoms with E-state index in [1.165, 1.54) is 18.0 Å². The van der Waals surface area contributed by atoms with Gasteiger partial charge in [-0.3, -0.25) is 9.71 Å². The van der Waals surface area contributed by atoms with Crippen LogP contribution in [0.2, 0.25) is 0 Å². The van der Waals surface area contributed by atoms with Crippen molar-refractivity contribution in [2.24, 2.45) is 0 Å². The van der Waals surface area contributed by atoms with E-state index in [0.29, 0.717) is 17.1 Å². The fraction of sp³-hybridized carbons (Fsp3) is 0.214. The summed E-state index contributed by atoms with van der Waals surface area (Å²) in [5.74, 6) is 0.485. The van der Waals surface area contributed by atoms with E-state index in [9.17, 15) is 8.42 Å². The third-order valence-corrected chi connectivity index (χ3v) is 5.21. The van der Waals surface area contributed by atoms with Crippen LogP contribution in [-0.2, 0) is 10.0 Å². The van der Waals surface area contributed by atoms with Crippen LogP contribution in [0.15, 0.2) is 47.5 Å². The second kappa shape index (κ2) is 6.82. The Kier molecular flexibility index (Phi) is 5.08. The largest absolute Gasteiger partial charge is 0.399 e. The first kappa shape index (κ1) is 15.7. The number of nitrogens with zero attached hydrogens (tertiary/aromatic N) is 1. The van der Waals surface area contributed by atoms with Crippen molar-refractivity contribution >= 4 is 33.2 Å². The highest BCUT2D eigenvalue weighted by Gasteiger charge is 2.10. The quantitative estimate of drug-likeness (QED) is 0.630. The van der Waals surface area contributed by atoms with Gasteiger partial charge in [0.1, 0.15) is 0 Å². The highest BCUT2D eigenvalue weighted by atomic mass is 32.2. The highest BCUT2D eigenvalue weighted by molar-refractivity contribution is 8.01. The first-order valence-electron chi connectivity index (χ1n) is 6.36. The van der Waals surface area contributed by atoms with Crippen LogP contribution < -0.4 is 10.5 Å². The van der Waals surface area contributed by atoms with E-state index in [1.807, 2.05) is 25.1 Å². The van der Waals surface area contributed by atoms with Gasteiger partial charge in [0.05, 0.1) is 17.6 Å². The summed E-state index contributed by atoms with van der Waals surface area (Å²) in [4.78, 5) is 5.02. The number of aromatic nitrogens is 1. The molecule has 21 heavy (non-hydrogen) atoms. The van der Waals surface area contributed by atoms with Crippen LogP contribution >= 0.6 is 11.8 Å². The van der Waals surface area contributed by atoms with Crippen LogP contribution in [0.4, 0.5) is 11.4 Å². The summed E-state index contributed by atoms with van der Waals surface area (Å²) in [6, 6.07) is 10.8. The molecule has 3 N–H and O–H groups in total. The van der Waals surface area contributed by atoms with Crippen molar-refractivity contribution < 1.29 is 8.42 Å². The average molecular weight is 323 g/mol. The summed E-state index contributed by atoms with van der Waals surface area (Å²) in [5.41, 5.74) is 7.68. The lowest BCUT2D eigenvalue weighted by Crippen LogP contribution is -2.18. The molecule has 0 saturated heterocycles. The number of nitrogen functional groups attached to an aromatic ring is 1. The number of hydrogen-bond donors (Lipinski definition) is 2. The summed E-state index contributed by atoms with van der Waals surface area (Å²) < 4.78 is 26.4. The maximum atomic E-state index is 12.0. The van der Waals surface area contributed by atoms with Gasteiger partial charge in [0.25, 0.3) is 0 Å². The van der Waals surface area contributed by atoms with Crippen LogP contribution in [0.25, 0.3) is 0 Å². The van der Waals surface area contributed by atoms with Gasteiger partial charge in [0, 0.05) is 22.0 Å². The standard InChI is InChI=1S/C14H17N3O2S2/c1-11-5-6-13(10-16-11)17-21(18,19)8-7-20-14-4-2-3-12(15)9-14/h2-6,9-10,17H,7-8,15H2,1H3. The lowest BCUT2D eigenvalue weighted by atomic mass is 10.3. The number of rotatable bonds is 6. The second-order valence-electron chi connectivity index (χ2n) is 4.53. The van der Waals surface area contributed by atoms with Gasteiger partial charge in [0.2, 0.25) is 10.0 Å². The molecule has 0 fully saturated rings. The minimum absolute atomic E-state index is 0.0281. The predicted octanol–water partition coefficient (Wildman–Crippen LogP) is 2.51. The molecule has 0 spiro atoms. The molecule has 0 bridgehead atoms. The van der Waals surface area contributed by atoms with Gasteiger partial charge in [-0.15, -0.1) is 11.8 Å². The molecule has 0 amide bonds. The van der Waals surface area contributed by atoms with Crippen LogP contribution in [-0.4, -0.2) is 24.9 Å². The Morgan fingerprint density at radius 1 is 1.29 bits per heavy atom. The molecule has 5 nitrogen and oxygen atoms in total. The SMILES string of the molecule is Cc1ccc(NS(=O)(=O)CCSc2cccc(N)c2)cn1. The average Bonchev–Trinajstić information content (AvgIpc) is 2.41. The molecule has 0 aliphatic carbocycles. The van der Waals surface area contributed by atoms with Gasteiger partial charge < -0.3 is 5.73 Å². The normalized spacial score (nSPS) is 11.3. The van der Waals surface area contributed by atoms with Gasteiger partial charge in [-0.1, -0.05) is 6.07 Å². The van der Waals surface area contributed by atoms with Gasteiger partial charge in [0.15, 0.2) is 0 Å². The minimum atomic E-state index is -3.37. The maximum Gasteiger partial charge on any atom is 0.233 e. The third kappa shape index (κ3) is 5.28. The van der Waals surface area contributed by atoms with Crippen molar-refractivity contribution in [2.75, 3.05) is 22.0 Å². The molecule has 1 aromatic carbocycles. The fourth-order valence-electron chi connectivity index (χ4n) is 1.63. The van der Waals surface area contributed by atoms with Crippen LogP contribution in [0.5, 0.6) is 0 Å². The molecule has 1 heterocycles. The van der Waals surface area contributed by atoms with E-state index < -0.39 is 10.0 Å². The molecule has 0 radical (unpaired) electrons. The summed E-state index contributed by atoms with van der Waals surface area (Å²) in [6.45, 7) is 1.85. The molecular weight excluding hydrogens is 306 g/mol. The third-order valence-electron chi connectivity index (χ3n) is 2.66. The molecule has 0 saturated carbocycles. The maximum absolute atomic E-state index is 12.0. The molecule has 0 atom stereocenters. The van der Waals surface area contributed by atoms with Gasteiger partial charge in [-0.25, -0.2) is 8.42 Å². The molecule has 0 unspecified atom stereocenters. The zero-order valence-electron chi connectivity index (χ0n) is 11.6. The van der Waals surface area contributed by atoms with E-state index in [1.54, 1.807) is 18.2 Å². The number of thioether (sulfide) groups is 1. The summed E-state index contributed by atoms with van der Waals surface area (Å²) in [6.07, 6.45) is 1.51. The van der Waals surface area contributed by atoms with E-state index in [-0.39, 0.29) is 5.75 Å². The topological polar surface area (TPSA) is 85.1 Å². The van der Waals surface area contributed by atoms with Crippen molar-refractivity contribution in [3.8, 4) is 0 Å². The number of nitrogens with two attached hydrogens (primary N) is 1. The number of hydrogen-bond acceptors (Lipinski definition) is 5. The Morgan fingerprint density at radius 2 is 2.10 bits per heavy atom. The number of benzene rings is 1. The van der Waals surface area contributed by atoms with E-state index >= 15 is 0 Å². The predicted molar refractivity (Wildman–Crippen MR) is 88.0 cm³/mol. The van der Waals surface area contributed by atoms with Crippen molar-refractivity contribution in [1.82, 2.24) is 4.98 Å². The first-order chi connectivity index (χ1) is 9.94. The highest BCUT2D eigenvalue weighted by Crippen LogP contribution is 2.20. The number of anilines is 2. The first-order valence-corrected chi connectivity index (χ1v) is 9.00. The zero-order valence-corrected chi connectivity index (χ0v) is 13.2. The molecule has 7 heteroatoms. The monoisotopic (exact) mass is 323 g/mol. The molecule has 1 aromatic heterocycles. The molecule has 2 rings (SSSR count). The van der Waals surface area contributed by atoms with Crippen molar-refractivity contribution in [3.63, 3.8) is 0 Å². The Morgan fingerprint density at radius 3 is 2.76 bits per heavy atom. The number of aryl methyl sites for hydroxylation is 1. The number of nitrogens with one attached hydrogen (secondary N) is 1. The lowest BCUT2D eigenvalue weighted by molar-refractivity contribution is 0.602. The van der Waals surface area contributed by atoms with Crippen LogP contribution in [0, 0.1) is 6.92 Å². The summed E-state index contributed by atoms with van der Waals surface area (Å²) >= 11 is 1.46. The van der Waals surface area contributed by atoms with Gasteiger partial charge in [-0.2, -0.15) is 0 Å². The zero-order chi connectivity index (χ0) is 15.3. The second-order valence-corrected chi connectivity index (χ2v) is 7.54. The lowest BCUT2D eigenvalue weighted by Gasteiger charge is -2.08. The van der Waals surface area contributed by atoms with E-state index in [0.717, 1.165) is 10.6 Å². The number of pyridine rings is 1. The Bertz CT molecular complexity index is 700. The van der Waals surface area contributed by atoms with Crippen molar-refractivity contribution in [3.05, 3.63) is 48.3 Å². The summed E-state index contributed by atoms with van der Waals surface area (Å²) in [7, 11) is -3.37. The smallest absolute Gasteiger partial charge is 0.233 e. The van der Waals surface area contributed by atoms with E-state index in [4.69, 9.17) is 5.73 Å². The minimum Gasteiger partial charge on any atom is -0.399 e. The molecule has 0 aliphatic heterocycles. The van der Waals surface area contributed by atoms with E-state index in [2.05, 4.69) is 9.71 Å². The molecule has 112 valence electrons. The molecule has 0 aliphatic rings. The molecule has 2 aromatic rings.